The molecule has 0 aliphatic rings. The molecule has 0 heterocycles. The number of aliphatic hydroxyl groups is 1. The zero-order chi connectivity index (χ0) is 20.4. The average Bonchev–Trinajstić information content (AvgIpc) is 2.64. The van der Waals surface area contributed by atoms with Crippen molar-refractivity contribution in [3.05, 3.63) is 71.0 Å². The van der Waals surface area contributed by atoms with E-state index in [2.05, 4.69) is 11.6 Å². The van der Waals surface area contributed by atoms with E-state index in [-0.39, 0.29) is 11.3 Å². The van der Waals surface area contributed by atoms with Crippen molar-refractivity contribution in [2.75, 3.05) is 13.7 Å². The molecule has 0 unspecified atom stereocenters. The molecule has 0 atom stereocenters. The number of aliphatic hydroxyl groups excluding tert-OH is 1. The molecule has 2 N–H and O–H groups in total. The van der Waals surface area contributed by atoms with Gasteiger partial charge in [-0.05, 0) is 49.1 Å². The highest BCUT2D eigenvalue weighted by Gasteiger charge is 2.11. The van der Waals surface area contributed by atoms with Crippen molar-refractivity contribution >= 4 is 17.8 Å². The lowest BCUT2D eigenvalue weighted by Gasteiger charge is -2.09. The van der Waals surface area contributed by atoms with E-state index in [0.717, 1.165) is 28.9 Å². The fraction of sp³-hybridized carbons (Fsp3) is 0.273. The molecule has 0 spiro atoms. The van der Waals surface area contributed by atoms with E-state index >= 15 is 0 Å². The maximum Gasteiger partial charge on any atom is 0.341 e. The van der Waals surface area contributed by atoms with Gasteiger partial charge in [-0.1, -0.05) is 37.8 Å². The van der Waals surface area contributed by atoms with Gasteiger partial charge in [-0.3, -0.25) is 4.99 Å². The summed E-state index contributed by atoms with van der Waals surface area (Å²) in [6, 6.07) is 7.55. The van der Waals surface area contributed by atoms with Crippen molar-refractivity contribution in [1.29, 1.82) is 0 Å². The first-order valence-electron chi connectivity index (χ1n) is 8.67. The Labute approximate surface area is 160 Å². The van der Waals surface area contributed by atoms with Gasteiger partial charge < -0.3 is 14.9 Å². The molecule has 27 heavy (non-hydrogen) atoms. The number of carboxylic acids is 1. The van der Waals surface area contributed by atoms with E-state index in [0.29, 0.717) is 12.1 Å². The summed E-state index contributed by atoms with van der Waals surface area (Å²) in [4.78, 5) is 15.3. The molecule has 0 saturated carbocycles. The number of methoxy groups -OCH3 is 1. The average molecular weight is 369 g/mol. The predicted molar refractivity (Wildman–Crippen MR) is 110 cm³/mol. The second kappa shape index (κ2) is 10.8. The van der Waals surface area contributed by atoms with E-state index in [1.807, 2.05) is 44.2 Å². The molecule has 1 rings (SSSR count). The molecule has 0 radical (unpaired) electrons. The number of allylic oxidation sites excluding steroid dienone is 5. The quantitative estimate of drug-likeness (QED) is 0.278. The monoisotopic (exact) mass is 369 g/mol. The third-order valence-corrected chi connectivity index (χ3v) is 3.90. The molecular formula is C22H27NO4. The molecule has 0 bridgehead atoms. The minimum Gasteiger partial charge on any atom is -0.507 e. The fourth-order valence-corrected chi connectivity index (χ4v) is 2.28. The number of para-hydroxylation sites is 1. The summed E-state index contributed by atoms with van der Waals surface area (Å²) in [6.45, 7) is 10.2. The zero-order valence-electron chi connectivity index (χ0n) is 16.3. The molecule has 0 aliphatic carbocycles. The number of aliphatic imine (C=N–C) groups is 1. The second-order valence-corrected chi connectivity index (χ2v) is 6.02. The summed E-state index contributed by atoms with van der Waals surface area (Å²) in [5.41, 5.74) is 2.94. The summed E-state index contributed by atoms with van der Waals surface area (Å²) in [5.74, 6) is -0.844. The van der Waals surface area contributed by atoms with Crippen LogP contribution in [0.5, 0.6) is 5.75 Å². The largest absolute Gasteiger partial charge is 0.507 e. The molecule has 0 amide bonds. The van der Waals surface area contributed by atoms with Crippen molar-refractivity contribution in [2.45, 2.75) is 27.2 Å². The van der Waals surface area contributed by atoms with Crippen molar-refractivity contribution in [3.8, 4) is 5.75 Å². The van der Waals surface area contributed by atoms with E-state index in [1.54, 1.807) is 14.0 Å². The molecule has 0 aliphatic heterocycles. The molecule has 1 aromatic rings. The zero-order valence-corrected chi connectivity index (χ0v) is 16.3. The Hall–Kier alpha value is -3.08. The molecule has 144 valence electrons. The Kier molecular flexibility index (Phi) is 8.79. The first-order chi connectivity index (χ1) is 12.8. The van der Waals surface area contributed by atoms with Gasteiger partial charge in [-0.25, -0.2) is 4.79 Å². The lowest BCUT2D eigenvalue weighted by molar-refractivity contribution is -0.132. The summed E-state index contributed by atoms with van der Waals surface area (Å²) < 4.78 is 5.35. The number of hydrogen-bond acceptors (Lipinski definition) is 4. The Balaban J connectivity index is 3.15. The Bertz CT molecular complexity index is 813. The van der Waals surface area contributed by atoms with Gasteiger partial charge in [0.2, 0.25) is 0 Å². The maximum atomic E-state index is 11.3. The molecule has 5 heteroatoms. The van der Waals surface area contributed by atoms with Crippen molar-refractivity contribution in [3.63, 3.8) is 0 Å². The predicted octanol–water partition coefficient (Wildman–Crippen LogP) is 4.98. The number of carboxylic acid groups (broad SMARTS) is 1. The minimum atomic E-state index is -1.23. The van der Waals surface area contributed by atoms with Gasteiger partial charge in [-0.15, -0.1) is 0 Å². The Morgan fingerprint density at radius 1 is 1.19 bits per heavy atom. The summed E-state index contributed by atoms with van der Waals surface area (Å²) >= 11 is 0. The van der Waals surface area contributed by atoms with Crippen molar-refractivity contribution in [1.82, 2.24) is 0 Å². The van der Waals surface area contributed by atoms with Crippen LogP contribution in [-0.4, -0.2) is 36.1 Å². The molecule has 5 nitrogen and oxygen atoms in total. The van der Waals surface area contributed by atoms with Crippen LogP contribution in [0.15, 0.2) is 70.5 Å². The van der Waals surface area contributed by atoms with E-state index in [9.17, 15) is 15.0 Å². The molecular weight excluding hydrogens is 342 g/mol. The topological polar surface area (TPSA) is 79.1 Å². The minimum absolute atomic E-state index is 0.237. The molecule has 0 aromatic heterocycles. The molecule has 0 saturated heterocycles. The first kappa shape index (κ1) is 22.0. The van der Waals surface area contributed by atoms with Gasteiger partial charge in [0, 0.05) is 18.3 Å². The lowest BCUT2D eigenvalue weighted by Crippen LogP contribution is -2.06. The summed E-state index contributed by atoms with van der Waals surface area (Å²) in [7, 11) is 1.60. The van der Waals surface area contributed by atoms with Gasteiger partial charge in [-0.2, -0.15) is 0 Å². The third kappa shape index (κ3) is 6.62. The highest BCUT2D eigenvalue weighted by Crippen LogP contribution is 2.27. The van der Waals surface area contributed by atoms with Gasteiger partial charge in [0.1, 0.15) is 17.1 Å². The normalized spacial score (nSPS) is 13.5. The SMILES string of the molecule is C=C(/C=C(C)/C(C)=C/C(O)=C(\C=NCCC)C(=O)O)c1ccccc1OC. The van der Waals surface area contributed by atoms with E-state index in [1.165, 1.54) is 12.3 Å². The van der Waals surface area contributed by atoms with Crippen LogP contribution in [0.3, 0.4) is 0 Å². The number of carbonyl (C=O) groups is 1. The van der Waals surface area contributed by atoms with E-state index < -0.39 is 5.97 Å². The summed E-state index contributed by atoms with van der Waals surface area (Å²) in [5, 5.41) is 19.5. The fourth-order valence-electron chi connectivity index (χ4n) is 2.28. The van der Waals surface area contributed by atoms with Gasteiger partial charge >= 0.3 is 5.97 Å². The highest BCUT2D eigenvalue weighted by atomic mass is 16.5. The van der Waals surface area contributed by atoms with Crippen LogP contribution in [0.4, 0.5) is 0 Å². The van der Waals surface area contributed by atoms with Crippen LogP contribution in [0.2, 0.25) is 0 Å². The maximum absolute atomic E-state index is 11.3. The molecule has 1 aromatic carbocycles. The Morgan fingerprint density at radius 3 is 2.41 bits per heavy atom. The number of rotatable bonds is 9. The van der Waals surface area contributed by atoms with Crippen molar-refractivity contribution in [2.24, 2.45) is 4.99 Å². The van der Waals surface area contributed by atoms with Crippen LogP contribution >= 0.6 is 0 Å². The standard InChI is InChI=1S/C22H27NO4/c1-6-11-23-14-19(22(25)26)20(24)13-16(3)15(2)12-17(4)18-9-7-8-10-21(18)27-5/h7-10,12-14,24H,4,6,11H2,1-3,5H3,(H,25,26)/b15-12+,16-13+,20-19-,23-14?. The van der Waals surface area contributed by atoms with Gasteiger partial charge in [0.25, 0.3) is 0 Å². The van der Waals surface area contributed by atoms with Crippen LogP contribution < -0.4 is 4.74 Å². The smallest absolute Gasteiger partial charge is 0.341 e. The number of benzene rings is 1. The second-order valence-electron chi connectivity index (χ2n) is 6.02. The number of aliphatic carboxylic acids is 1. The summed E-state index contributed by atoms with van der Waals surface area (Å²) in [6.07, 6.45) is 5.27. The van der Waals surface area contributed by atoms with Crippen LogP contribution in [0.25, 0.3) is 5.57 Å². The van der Waals surface area contributed by atoms with E-state index in [4.69, 9.17) is 4.74 Å². The third-order valence-electron chi connectivity index (χ3n) is 3.90. The Morgan fingerprint density at radius 2 is 1.81 bits per heavy atom. The van der Waals surface area contributed by atoms with Crippen LogP contribution in [0.1, 0.15) is 32.8 Å². The first-order valence-corrected chi connectivity index (χ1v) is 8.67. The van der Waals surface area contributed by atoms with Crippen LogP contribution in [0, 0.1) is 0 Å². The number of ether oxygens (including phenoxy) is 1. The molecule has 0 fully saturated rings. The van der Waals surface area contributed by atoms with Gasteiger partial charge in [0.15, 0.2) is 0 Å². The van der Waals surface area contributed by atoms with Crippen LogP contribution in [-0.2, 0) is 4.79 Å². The lowest BCUT2D eigenvalue weighted by atomic mass is 10.0. The van der Waals surface area contributed by atoms with Crippen molar-refractivity contribution < 1.29 is 19.7 Å². The van der Waals surface area contributed by atoms with Gasteiger partial charge in [0.05, 0.1) is 7.11 Å². The highest BCUT2D eigenvalue weighted by molar-refractivity contribution is 6.09. The number of hydrogen-bond donors (Lipinski definition) is 2. The number of nitrogens with zero attached hydrogens (tertiary/aromatic N) is 1.